The molecule has 1 rings (SSSR count). The number of benzene rings is 1. The SMILES string of the molecule is CCCc1ccccc1NC(=O)C(CS)NC(C)=O. The summed E-state index contributed by atoms with van der Waals surface area (Å²) in [4.78, 5) is 23.1. The molecule has 104 valence electrons. The number of hydrogen-bond donors (Lipinski definition) is 3. The van der Waals surface area contributed by atoms with Crippen LogP contribution in [0.1, 0.15) is 25.8 Å². The predicted octanol–water partition coefficient (Wildman–Crippen LogP) is 2.01. The summed E-state index contributed by atoms with van der Waals surface area (Å²) < 4.78 is 0. The van der Waals surface area contributed by atoms with Crippen LogP contribution in [0.2, 0.25) is 0 Å². The lowest BCUT2D eigenvalue weighted by atomic mass is 10.1. The van der Waals surface area contributed by atoms with E-state index in [2.05, 4.69) is 30.2 Å². The third kappa shape index (κ3) is 4.95. The lowest BCUT2D eigenvalue weighted by Gasteiger charge is -2.17. The average Bonchev–Trinajstić information content (AvgIpc) is 2.38. The summed E-state index contributed by atoms with van der Waals surface area (Å²) >= 11 is 4.09. The summed E-state index contributed by atoms with van der Waals surface area (Å²) in [5, 5.41) is 5.42. The summed E-state index contributed by atoms with van der Waals surface area (Å²) in [5.74, 6) is -0.216. The van der Waals surface area contributed by atoms with Gasteiger partial charge < -0.3 is 10.6 Å². The zero-order valence-corrected chi connectivity index (χ0v) is 12.2. The van der Waals surface area contributed by atoms with Crippen molar-refractivity contribution in [3.63, 3.8) is 0 Å². The van der Waals surface area contributed by atoms with E-state index in [1.165, 1.54) is 6.92 Å². The molecule has 1 atom stereocenters. The van der Waals surface area contributed by atoms with Gasteiger partial charge >= 0.3 is 0 Å². The number of amides is 2. The summed E-state index contributed by atoms with van der Waals surface area (Å²) in [6, 6.07) is 7.07. The van der Waals surface area contributed by atoms with E-state index in [4.69, 9.17) is 0 Å². The number of rotatable bonds is 6. The molecule has 4 nitrogen and oxygen atoms in total. The number of carbonyl (C=O) groups is 2. The monoisotopic (exact) mass is 280 g/mol. The van der Waals surface area contributed by atoms with Gasteiger partial charge in [-0.15, -0.1) is 0 Å². The van der Waals surface area contributed by atoms with Gasteiger partial charge in [0.15, 0.2) is 0 Å². The van der Waals surface area contributed by atoms with Crippen LogP contribution < -0.4 is 10.6 Å². The fourth-order valence-electron chi connectivity index (χ4n) is 1.79. The maximum atomic E-state index is 12.1. The van der Waals surface area contributed by atoms with E-state index in [-0.39, 0.29) is 17.6 Å². The summed E-state index contributed by atoms with van der Waals surface area (Å²) in [6.07, 6.45) is 1.91. The first kappa shape index (κ1) is 15.6. The van der Waals surface area contributed by atoms with Gasteiger partial charge in [0, 0.05) is 18.4 Å². The Labute approximate surface area is 119 Å². The smallest absolute Gasteiger partial charge is 0.247 e. The minimum Gasteiger partial charge on any atom is -0.344 e. The van der Waals surface area contributed by atoms with E-state index < -0.39 is 6.04 Å². The molecule has 0 fully saturated rings. The molecule has 0 aromatic heterocycles. The molecule has 0 bridgehead atoms. The van der Waals surface area contributed by atoms with Crippen molar-refractivity contribution >= 4 is 30.1 Å². The van der Waals surface area contributed by atoms with Crippen LogP contribution >= 0.6 is 12.6 Å². The second-order valence-electron chi connectivity index (χ2n) is 4.33. The quantitative estimate of drug-likeness (QED) is 0.698. The highest BCUT2D eigenvalue weighted by Gasteiger charge is 2.18. The second-order valence-corrected chi connectivity index (χ2v) is 4.70. The lowest BCUT2D eigenvalue weighted by Crippen LogP contribution is -2.44. The predicted molar refractivity (Wildman–Crippen MR) is 80.5 cm³/mol. The second kappa shape index (κ2) is 7.84. The molecule has 0 saturated heterocycles. The highest BCUT2D eigenvalue weighted by Crippen LogP contribution is 2.17. The highest BCUT2D eigenvalue weighted by atomic mass is 32.1. The van der Waals surface area contributed by atoms with Crippen LogP contribution in [0.25, 0.3) is 0 Å². The molecule has 19 heavy (non-hydrogen) atoms. The standard InChI is InChI=1S/C14H20N2O2S/c1-3-6-11-7-4-5-8-12(11)16-14(18)13(9-19)15-10(2)17/h4-5,7-8,13,19H,3,6,9H2,1-2H3,(H,15,17)(H,16,18). The van der Waals surface area contributed by atoms with Crippen molar-refractivity contribution in [3.05, 3.63) is 29.8 Å². The van der Waals surface area contributed by atoms with E-state index in [1.54, 1.807) is 0 Å². The van der Waals surface area contributed by atoms with Gasteiger partial charge in [-0.05, 0) is 18.1 Å². The Bertz CT molecular complexity index is 449. The molecule has 2 N–H and O–H groups in total. The number of carbonyl (C=O) groups excluding carboxylic acids is 2. The first-order valence-electron chi connectivity index (χ1n) is 6.35. The molecule has 0 aliphatic carbocycles. The molecule has 1 unspecified atom stereocenters. The Hall–Kier alpha value is -1.49. The van der Waals surface area contributed by atoms with Crippen molar-refractivity contribution in [3.8, 4) is 0 Å². The number of hydrogen-bond acceptors (Lipinski definition) is 3. The number of para-hydroxylation sites is 1. The van der Waals surface area contributed by atoms with Crippen molar-refractivity contribution < 1.29 is 9.59 Å². The topological polar surface area (TPSA) is 58.2 Å². The molecule has 0 aliphatic heterocycles. The molecule has 1 aromatic carbocycles. The van der Waals surface area contributed by atoms with Crippen LogP contribution in [-0.4, -0.2) is 23.6 Å². The molecular formula is C14H20N2O2S. The number of anilines is 1. The fraction of sp³-hybridized carbons (Fsp3) is 0.429. The van der Waals surface area contributed by atoms with Crippen LogP contribution in [0.4, 0.5) is 5.69 Å². The molecule has 0 aliphatic rings. The zero-order valence-electron chi connectivity index (χ0n) is 11.3. The first-order valence-corrected chi connectivity index (χ1v) is 6.98. The molecule has 5 heteroatoms. The van der Waals surface area contributed by atoms with Crippen molar-refractivity contribution in [2.75, 3.05) is 11.1 Å². The summed E-state index contributed by atoms with van der Waals surface area (Å²) in [6.45, 7) is 3.47. The average molecular weight is 280 g/mol. The molecule has 0 heterocycles. The lowest BCUT2D eigenvalue weighted by molar-refractivity contribution is -0.124. The van der Waals surface area contributed by atoms with Crippen LogP contribution in [-0.2, 0) is 16.0 Å². The van der Waals surface area contributed by atoms with Gasteiger partial charge in [-0.3, -0.25) is 9.59 Å². The summed E-state index contributed by atoms with van der Waals surface area (Å²) in [5.41, 5.74) is 1.89. The molecule has 1 aromatic rings. The van der Waals surface area contributed by atoms with Gasteiger partial charge in [0.05, 0.1) is 0 Å². The highest BCUT2D eigenvalue weighted by molar-refractivity contribution is 7.80. The van der Waals surface area contributed by atoms with Crippen LogP contribution in [0.3, 0.4) is 0 Å². The minimum absolute atomic E-state index is 0.240. The van der Waals surface area contributed by atoms with Crippen LogP contribution in [0.15, 0.2) is 24.3 Å². The van der Waals surface area contributed by atoms with Gasteiger partial charge in [0.2, 0.25) is 11.8 Å². The fourth-order valence-corrected chi connectivity index (χ4v) is 2.05. The number of thiol groups is 1. The van der Waals surface area contributed by atoms with Crippen molar-refractivity contribution in [2.24, 2.45) is 0 Å². The van der Waals surface area contributed by atoms with E-state index >= 15 is 0 Å². The Morgan fingerprint density at radius 3 is 2.58 bits per heavy atom. The zero-order chi connectivity index (χ0) is 14.3. The first-order chi connectivity index (χ1) is 9.08. The van der Waals surface area contributed by atoms with Gasteiger partial charge in [-0.2, -0.15) is 12.6 Å². The maximum absolute atomic E-state index is 12.1. The Balaban J connectivity index is 2.77. The third-order valence-corrected chi connectivity index (χ3v) is 3.04. The molecule has 0 radical (unpaired) electrons. The molecular weight excluding hydrogens is 260 g/mol. The normalized spacial score (nSPS) is 11.7. The van der Waals surface area contributed by atoms with Gasteiger partial charge in [-0.25, -0.2) is 0 Å². The van der Waals surface area contributed by atoms with E-state index in [0.29, 0.717) is 0 Å². The van der Waals surface area contributed by atoms with Gasteiger partial charge in [-0.1, -0.05) is 31.5 Å². The van der Waals surface area contributed by atoms with E-state index in [1.807, 2.05) is 24.3 Å². The van der Waals surface area contributed by atoms with Crippen molar-refractivity contribution in [2.45, 2.75) is 32.7 Å². The summed E-state index contributed by atoms with van der Waals surface area (Å²) in [7, 11) is 0. The van der Waals surface area contributed by atoms with Crippen LogP contribution in [0, 0.1) is 0 Å². The molecule has 0 saturated carbocycles. The van der Waals surface area contributed by atoms with Crippen molar-refractivity contribution in [1.29, 1.82) is 0 Å². The largest absolute Gasteiger partial charge is 0.344 e. The van der Waals surface area contributed by atoms with Crippen LogP contribution in [0.5, 0.6) is 0 Å². The molecule has 2 amide bonds. The number of nitrogens with one attached hydrogen (secondary N) is 2. The van der Waals surface area contributed by atoms with E-state index in [0.717, 1.165) is 24.1 Å². The maximum Gasteiger partial charge on any atom is 0.247 e. The van der Waals surface area contributed by atoms with Gasteiger partial charge in [0.25, 0.3) is 0 Å². The number of aryl methyl sites for hydroxylation is 1. The Kier molecular flexibility index (Phi) is 6.42. The van der Waals surface area contributed by atoms with Gasteiger partial charge in [0.1, 0.15) is 6.04 Å². The third-order valence-electron chi connectivity index (χ3n) is 2.67. The van der Waals surface area contributed by atoms with E-state index in [9.17, 15) is 9.59 Å². The Morgan fingerprint density at radius 1 is 1.32 bits per heavy atom. The molecule has 0 spiro atoms. The Morgan fingerprint density at radius 2 is 2.00 bits per heavy atom. The minimum atomic E-state index is -0.615. The van der Waals surface area contributed by atoms with Crippen molar-refractivity contribution in [1.82, 2.24) is 5.32 Å².